The Morgan fingerprint density at radius 3 is 3.15 bits per heavy atom. The highest BCUT2D eigenvalue weighted by Gasteiger charge is 2.24. The van der Waals surface area contributed by atoms with Crippen LogP contribution in [0.5, 0.6) is 5.75 Å². The summed E-state index contributed by atoms with van der Waals surface area (Å²) in [5, 5.41) is 7.77. The molecule has 100 valence electrons. The second-order valence-electron chi connectivity index (χ2n) is 4.99. The summed E-state index contributed by atoms with van der Waals surface area (Å²) in [6.45, 7) is 2.65. The average Bonchev–Trinajstić information content (AvgIpc) is 3.03. The lowest BCUT2D eigenvalue weighted by molar-refractivity contribution is 0.339. The fourth-order valence-corrected chi connectivity index (χ4v) is 2.48. The summed E-state index contributed by atoms with van der Waals surface area (Å²) in [6.07, 6.45) is 1.92. The molecule has 0 radical (unpaired) electrons. The Bertz CT molecular complexity index is 780. The van der Waals surface area contributed by atoms with E-state index in [1.165, 1.54) is 5.56 Å². The standard InChI is InChI=1S/C15H14N4O/c1-10-6-7-19-14(8-10)17-15(18-19)16-12-9-20-13-5-3-2-4-11(12)13/h2-8,12H,9H2,1H3,(H,16,18). The smallest absolute Gasteiger partial charge is 0.243 e. The van der Waals surface area contributed by atoms with Crippen LogP contribution in [-0.4, -0.2) is 21.2 Å². The summed E-state index contributed by atoms with van der Waals surface area (Å²) in [4.78, 5) is 4.50. The molecule has 0 saturated heterocycles. The number of benzene rings is 1. The van der Waals surface area contributed by atoms with E-state index in [1.54, 1.807) is 4.52 Å². The average molecular weight is 266 g/mol. The third kappa shape index (κ3) is 1.79. The number of nitrogens with one attached hydrogen (secondary N) is 1. The maximum atomic E-state index is 5.65. The lowest BCUT2D eigenvalue weighted by atomic mass is 10.1. The van der Waals surface area contributed by atoms with Crippen molar-refractivity contribution in [3.63, 3.8) is 0 Å². The molecule has 20 heavy (non-hydrogen) atoms. The molecule has 1 unspecified atom stereocenters. The highest BCUT2D eigenvalue weighted by Crippen LogP contribution is 2.33. The largest absolute Gasteiger partial charge is 0.491 e. The maximum Gasteiger partial charge on any atom is 0.243 e. The second kappa shape index (κ2) is 4.23. The topological polar surface area (TPSA) is 51.5 Å². The number of hydrogen-bond acceptors (Lipinski definition) is 4. The lowest BCUT2D eigenvalue weighted by Gasteiger charge is -2.08. The van der Waals surface area contributed by atoms with Crippen molar-refractivity contribution < 1.29 is 4.74 Å². The number of nitrogens with zero attached hydrogens (tertiary/aromatic N) is 3. The number of pyridine rings is 1. The second-order valence-corrected chi connectivity index (χ2v) is 4.99. The van der Waals surface area contributed by atoms with Gasteiger partial charge in [-0.2, -0.15) is 4.98 Å². The molecule has 0 spiro atoms. The van der Waals surface area contributed by atoms with E-state index in [1.807, 2.05) is 43.5 Å². The zero-order chi connectivity index (χ0) is 13.5. The van der Waals surface area contributed by atoms with Crippen LogP contribution in [0.4, 0.5) is 5.95 Å². The summed E-state index contributed by atoms with van der Waals surface area (Å²) in [5.41, 5.74) is 3.17. The van der Waals surface area contributed by atoms with Gasteiger partial charge in [0.2, 0.25) is 5.95 Å². The summed E-state index contributed by atoms with van der Waals surface area (Å²) in [6, 6.07) is 12.2. The first kappa shape index (κ1) is 11.3. The Hall–Kier alpha value is -2.56. The summed E-state index contributed by atoms with van der Waals surface area (Å²) in [7, 11) is 0. The minimum absolute atomic E-state index is 0.102. The van der Waals surface area contributed by atoms with Gasteiger partial charge in [0.05, 0.1) is 6.04 Å². The molecule has 1 atom stereocenters. The van der Waals surface area contributed by atoms with E-state index in [2.05, 4.69) is 21.5 Å². The SMILES string of the molecule is Cc1ccn2nc(NC3COc4ccccc43)nc2c1. The van der Waals surface area contributed by atoms with Gasteiger partial charge in [0, 0.05) is 11.8 Å². The van der Waals surface area contributed by atoms with Crippen molar-refractivity contribution in [3.8, 4) is 5.75 Å². The van der Waals surface area contributed by atoms with Gasteiger partial charge in [0.15, 0.2) is 5.65 Å². The van der Waals surface area contributed by atoms with Gasteiger partial charge in [-0.3, -0.25) is 0 Å². The molecule has 5 nitrogen and oxygen atoms in total. The minimum Gasteiger partial charge on any atom is -0.491 e. The Kier molecular flexibility index (Phi) is 2.39. The molecule has 3 heterocycles. The number of rotatable bonds is 2. The molecule has 2 aromatic heterocycles. The molecular formula is C15H14N4O. The predicted octanol–water partition coefficient (Wildman–Crippen LogP) is 2.58. The third-order valence-electron chi connectivity index (χ3n) is 3.50. The summed E-state index contributed by atoms with van der Waals surface area (Å²) in [5.74, 6) is 1.56. The Morgan fingerprint density at radius 2 is 2.20 bits per heavy atom. The predicted molar refractivity (Wildman–Crippen MR) is 76.0 cm³/mol. The molecule has 0 saturated carbocycles. The molecule has 1 N–H and O–H groups in total. The van der Waals surface area contributed by atoms with E-state index in [0.29, 0.717) is 12.6 Å². The van der Waals surface area contributed by atoms with Crippen LogP contribution in [-0.2, 0) is 0 Å². The molecule has 1 aromatic carbocycles. The molecule has 0 fully saturated rings. The van der Waals surface area contributed by atoms with Crippen LogP contribution >= 0.6 is 0 Å². The van der Waals surface area contributed by atoms with Gasteiger partial charge in [-0.05, 0) is 30.7 Å². The van der Waals surface area contributed by atoms with E-state index in [4.69, 9.17) is 4.74 Å². The van der Waals surface area contributed by atoms with Gasteiger partial charge in [0.1, 0.15) is 12.4 Å². The van der Waals surface area contributed by atoms with Gasteiger partial charge in [-0.1, -0.05) is 18.2 Å². The molecule has 0 amide bonds. The molecule has 5 heteroatoms. The molecule has 0 bridgehead atoms. The van der Waals surface area contributed by atoms with Crippen molar-refractivity contribution in [2.75, 3.05) is 11.9 Å². The van der Waals surface area contributed by atoms with Crippen LogP contribution in [0, 0.1) is 6.92 Å². The van der Waals surface area contributed by atoms with E-state index >= 15 is 0 Å². The number of hydrogen-bond donors (Lipinski definition) is 1. The quantitative estimate of drug-likeness (QED) is 0.774. The normalized spacial score (nSPS) is 16.9. The van der Waals surface area contributed by atoms with Crippen molar-refractivity contribution in [1.29, 1.82) is 0 Å². The van der Waals surface area contributed by atoms with E-state index in [0.717, 1.165) is 17.0 Å². The zero-order valence-corrected chi connectivity index (χ0v) is 11.1. The monoisotopic (exact) mass is 266 g/mol. The molecule has 4 rings (SSSR count). The van der Waals surface area contributed by atoms with Crippen LogP contribution in [0.2, 0.25) is 0 Å². The van der Waals surface area contributed by atoms with Gasteiger partial charge < -0.3 is 10.1 Å². The number of anilines is 1. The molecule has 1 aliphatic heterocycles. The Morgan fingerprint density at radius 1 is 1.30 bits per heavy atom. The van der Waals surface area contributed by atoms with Crippen molar-refractivity contribution >= 4 is 11.6 Å². The van der Waals surface area contributed by atoms with Crippen LogP contribution < -0.4 is 10.1 Å². The van der Waals surface area contributed by atoms with Crippen molar-refractivity contribution in [2.45, 2.75) is 13.0 Å². The van der Waals surface area contributed by atoms with Gasteiger partial charge in [-0.25, -0.2) is 4.52 Å². The molecule has 3 aromatic rings. The molecule has 0 aliphatic carbocycles. The van der Waals surface area contributed by atoms with Crippen molar-refractivity contribution in [1.82, 2.24) is 14.6 Å². The minimum atomic E-state index is 0.102. The lowest BCUT2D eigenvalue weighted by Crippen LogP contribution is -2.12. The highest BCUT2D eigenvalue weighted by atomic mass is 16.5. The first-order chi connectivity index (χ1) is 9.79. The summed E-state index contributed by atoms with van der Waals surface area (Å²) < 4.78 is 7.43. The van der Waals surface area contributed by atoms with E-state index in [9.17, 15) is 0 Å². The summed E-state index contributed by atoms with van der Waals surface area (Å²) >= 11 is 0. The van der Waals surface area contributed by atoms with E-state index in [-0.39, 0.29) is 6.04 Å². The Labute approximate surface area is 116 Å². The van der Waals surface area contributed by atoms with Gasteiger partial charge in [-0.15, -0.1) is 5.10 Å². The first-order valence-electron chi connectivity index (χ1n) is 6.61. The number of ether oxygens (including phenoxy) is 1. The fraction of sp³-hybridized carbons (Fsp3) is 0.200. The van der Waals surface area contributed by atoms with Gasteiger partial charge in [0.25, 0.3) is 0 Å². The molecule has 1 aliphatic rings. The number of fused-ring (bicyclic) bond motifs is 2. The van der Waals surface area contributed by atoms with Crippen molar-refractivity contribution in [2.24, 2.45) is 0 Å². The first-order valence-corrected chi connectivity index (χ1v) is 6.61. The fourth-order valence-electron chi connectivity index (χ4n) is 2.48. The Balaban J connectivity index is 1.65. The third-order valence-corrected chi connectivity index (χ3v) is 3.50. The van der Waals surface area contributed by atoms with Gasteiger partial charge >= 0.3 is 0 Å². The van der Waals surface area contributed by atoms with Crippen LogP contribution in [0.3, 0.4) is 0 Å². The van der Waals surface area contributed by atoms with Crippen molar-refractivity contribution in [3.05, 3.63) is 53.7 Å². The number of aromatic nitrogens is 3. The van der Waals surface area contributed by atoms with Crippen LogP contribution in [0.15, 0.2) is 42.6 Å². The van der Waals surface area contributed by atoms with Crippen LogP contribution in [0.1, 0.15) is 17.2 Å². The highest BCUT2D eigenvalue weighted by molar-refractivity contribution is 5.48. The maximum absolute atomic E-state index is 5.65. The van der Waals surface area contributed by atoms with Crippen LogP contribution in [0.25, 0.3) is 5.65 Å². The zero-order valence-electron chi connectivity index (χ0n) is 11.1. The molecular weight excluding hydrogens is 252 g/mol. The van der Waals surface area contributed by atoms with E-state index < -0.39 is 0 Å². The number of aryl methyl sites for hydroxylation is 1. The number of para-hydroxylation sites is 1.